The lowest BCUT2D eigenvalue weighted by atomic mass is 10.3. The molecule has 2 aromatic rings. The Morgan fingerprint density at radius 3 is 2.78 bits per heavy atom. The van der Waals surface area contributed by atoms with E-state index in [0.29, 0.717) is 28.6 Å². The van der Waals surface area contributed by atoms with E-state index in [-0.39, 0.29) is 5.69 Å². The third-order valence-corrected chi connectivity index (χ3v) is 2.85. The molecule has 0 radical (unpaired) electrons. The minimum atomic E-state index is -0.417. The highest BCUT2D eigenvalue weighted by Gasteiger charge is 2.21. The van der Waals surface area contributed by atoms with Gasteiger partial charge in [-0.3, -0.25) is 19.8 Å². The van der Waals surface area contributed by atoms with Gasteiger partial charge in [-0.15, -0.1) is 0 Å². The van der Waals surface area contributed by atoms with Gasteiger partial charge in [0.2, 0.25) is 0 Å². The molecule has 0 N–H and O–H groups in total. The van der Waals surface area contributed by atoms with Gasteiger partial charge in [0.25, 0.3) is 0 Å². The van der Waals surface area contributed by atoms with Crippen LogP contribution in [0.3, 0.4) is 0 Å². The van der Waals surface area contributed by atoms with Crippen molar-refractivity contribution in [1.82, 2.24) is 14.8 Å². The lowest BCUT2D eigenvalue weighted by molar-refractivity contribution is -0.386. The monoisotopic (exact) mass is 266 g/mol. The maximum absolute atomic E-state index is 10.9. The van der Waals surface area contributed by atoms with E-state index in [1.54, 1.807) is 36.9 Å². The number of pyridine rings is 1. The highest BCUT2D eigenvalue weighted by atomic mass is 35.5. The van der Waals surface area contributed by atoms with E-state index < -0.39 is 4.92 Å². The fourth-order valence-corrected chi connectivity index (χ4v) is 1.98. The predicted octanol–water partition coefficient (Wildman–Crippen LogP) is 2.50. The second-order valence-electron chi connectivity index (χ2n) is 3.90. The van der Waals surface area contributed by atoms with Crippen molar-refractivity contribution in [3.63, 3.8) is 0 Å². The lowest BCUT2D eigenvalue weighted by Crippen LogP contribution is -2.05. The molecule has 0 spiro atoms. The first-order valence-corrected chi connectivity index (χ1v) is 5.65. The SMILES string of the molecule is Cc1nn(Cc2cc(Cl)ccn2)c(C)c1[N+](=O)[O-]. The summed E-state index contributed by atoms with van der Waals surface area (Å²) in [5.41, 5.74) is 1.68. The van der Waals surface area contributed by atoms with Gasteiger partial charge in [-0.1, -0.05) is 11.6 Å². The number of nitro groups is 1. The Hall–Kier alpha value is -1.95. The van der Waals surface area contributed by atoms with Gasteiger partial charge in [-0.05, 0) is 26.0 Å². The van der Waals surface area contributed by atoms with Crippen LogP contribution in [0.25, 0.3) is 0 Å². The summed E-state index contributed by atoms with van der Waals surface area (Å²) in [7, 11) is 0. The van der Waals surface area contributed by atoms with Crippen molar-refractivity contribution in [2.24, 2.45) is 0 Å². The van der Waals surface area contributed by atoms with E-state index in [0.717, 1.165) is 0 Å². The fraction of sp³-hybridized carbons (Fsp3) is 0.273. The van der Waals surface area contributed by atoms with Crippen LogP contribution >= 0.6 is 11.6 Å². The molecule has 0 saturated carbocycles. The molecule has 2 rings (SSSR count). The first-order valence-electron chi connectivity index (χ1n) is 5.28. The number of aromatic nitrogens is 3. The molecule has 0 saturated heterocycles. The van der Waals surface area contributed by atoms with Gasteiger partial charge in [0.1, 0.15) is 11.4 Å². The smallest absolute Gasteiger partial charge is 0.259 e. The van der Waals surface area contributed by atoms with Crippen molar-refractivity contribution in [2.45, 2.75) is 20.4 Å². The van der Waals surface area contributed by atoms with Crippen molar-refractivity contribution < 1.29 is 4.92 Å². The van der Waals surface area contributed by atoms with Crippen LogP contribution in [0.1, 0.15) is 17.1 Å². The molecular weight excluding hydrogens is 256 g/mol. The molecule has 7 heteroatoms. The van der Waals surface area contributed by atoms with Crippen LogP contribution in [0.15, 0.2) is 18.3 Å². The fourth-order valence-electron chi connectivity index (χ4n) is 1.79. The lowest BCUT2D eigenvalue weighted by Gasteiger charge is -2.03. The van der Waals surface area contributed by atoms with Crippen LogP contribution in [-0.2, 0) is 6.54 Å². The van der Waals surface area contributed by atoms with E-state index in [4.69, 9.17) is 11.6 Å². The van der Waals surface area contributed by atoms with E-state index >= 15 is 0 Å². The summed E-state index contributed by atoms with van der Waals surface area (Å²) in [6, 6.07) is 3.39. The van der Waals surface area contributed by atoms with Gasteiger partial charge in [0.05, 0.1) is 17.2 Å². The van der Waals surface area contributed by atoms with Crippen molar-refractivity contribution in [1.29, 1.82) is 0 Å². The zero-order chi connectivity index (χ0) is 13.3. The first kappa shape index (κ1) is 12.5. The average molecular weight is 267 g/mol. The molecule has 2 heterocycles. The zero-order valence-electron chi connectivity index (χ0n) is 9.92. The standard InChI is InChI=1S/C11H11ClN4O2/c1-7-11(16(17)18)8(2)15(14-7)6-10-5-9(12)3-4-13-10/h3-5H,6H2,1-2H3. The number of hydrogen-bond acceptors (Lipinski definition) is 4. The summed E-state index contributed by atoms with van der Waals surface area (Å²) in [6.07, 6.45) is 1.60. The van der Waals surface area contributed by atoms with E-state index in [2.05, 4.69) is 10.1 Å². The van der Waals surface area contributed by atoms with Gasteiger partial charge in [-0.25, -0.2) is 0 Å². The minimum absolute atomic E-state index is 0.0528. The molecule has 18 heavy (non-hydrogen) atoms. The minimum Gasteiger partial charge on any atom is -0.259 e. The predicted molar refractivity (Wildman–Crippen MR) is 66.7 cm³/mol. The summed E-state index contributed by atoms with van der Waals surface area (Å²) in [6.45, 7) is 3.65. The maximum Gasteiger partial charge on any atom is 0.312 e. The Labute approximate surface area is 108 Å². The van der Waals surface area contributed by atoms with E-state index in [1.807, 2.05) is 0 Å². The molecule has 6 nitrogen and oxygen atoms in total. The molecule has 2 aromatic heterocycles. The van der Waals surface area contributed by atoms with Crippen LogP contribution in [0.4, 0.5) is 5.69 Å². The van der Waals surface area contributed by atoms with Gasteiger partial charge >= 0.3 is 5.69 Å². The number of aryl methyl sites for hydroxylation is 1. The summed E-state index contributed by atoms with van der Waals surface area (Å²) >= 11 is 5.86. The Morgan fingerprint density at radius 1 is 1.50 bits per heavy atom. The summed E-state index contributed by atoms with van der Waals surface area (Å²) in [5.74, 6) is 0. The molecule has 0 aliphatic heterocycles. The summed E-state index contributed by atoms with van der Waals surface area (Å²) < 4.78 is 1.56. The largest absolute Gasteiger partial charge is 0.312 e. The summed E-state index contributed by atoms with van der Waals surface area (Å²) in [4.78, 5) is 14.6. The van der Waals surface area contributed by atoms with E-state index in [1.165, 1.54) is 0 Å². The van der Waals surface area contributed by atoms with Gasteiger partial charge in [0, 0.05) is 11.2 Å². The normalized spacial score (nSPS) is 10.6. The molecule has 0 amide bonds. The maximum atomic E-state index is 10.9. The van der Waals surface area contributed by atoms with E-state index in [9.17, 15) is 10.1 Å². The Balaban J connectivity index is 2.36. The topological polar surface area (TPSA) is 73.8 Å². The Morgan fingerprint density at radius 2 is 2.22 bits per heavy atom. The number of halogens is 1. The number of rotatable bonds is 3. The molecule has 0 aromatic carbocycles. The third-order valence-electron chi connectivity index (χ3n) is 2.62. The van der Waals surface area contributed by atoms with Crippen molar-refractivity contribution in [2.75, 3.05) is 0 Å². The molecule has 0 aliphatic rings. The van der Waals surface area contributed by atoms with Crippen LogP contribution in [0.5, 0.6) is 0 Å². The zero-order valence-corrected chi connectivity index (χ0v) is 10.7. The quantitative estimate of drug-likeness (QED) is 0.632. The van der Waals surface area contributed by atoms with Crippen LogP contribution in [0.2, 0.25) is 5.02 Å². The molecule has 94 valence electrons. The average Bonchev–Trinajstić information content (AvgIpc) is 2.54. The number of hydrogen-bond donors (Lipinski definition) is 0. The molecule has 0 fully saturated rings. The Bertz CT molecular complexity index is 609. The van der Waals surface area contributed by atoms with Gasteiger partial charge in [-0.2, -0.15) is 5.10 Å². The van der Waals surface area contributed by atoms with Gasteiger partial charge < -0.3 is 0 Å². The molecule has 0 aliphatic carbocycles. The number of nitrogens with zero attached hydrogens (tertiary/aromatic N) is 4. The molecular formula is C11H11ClN4O2. The highest BCUT2D eigenvalue weighted by molar-refractivity contribution is 6.30. The molecule has 0 unspecified atom stereocenters. The van der Waals surface area contributed by atoms with Gasteiger partial charge in [0.15, 0.2) is 0 Å². The second-order valence-corrected chi connectivity index (χ2v) is 4.34. The Kier molecular flexibility index (Phi) is 3.29. The molecule has 0 bridgehead atoms. The molecule has 0 atom stereocenters. The van der Waals surface area contributed by atoms with Crippen LogP contribution in [-0.4, -0.2) is 19.7 Å². The third kappa shape index (κ3) is 2.33. The van der Waals surface area contributed by atoms with Crippen LogP contribution < -0.4 is 0 Å². The summed E-state index contributed by atoms with van der Waals surface area (Å²) in [5, 5.41) is 15.6. The van der Waals surface area contributed by atoms with Crippen LogP contribution in [0, 0.1) is 24.0 Å². The van der Waals surface area contributed by atoms with Crippen molar-refractivity contribution >= 4 is 17.3 Å². The van der Waals surface area contributed by atoms with Crippen molar-refractivity contribution in [3.8, 4) is 0 Å². The highest BCUT2D eigenvalue weighted by Crippen LogP contribution is 2.22. The van der Waals surface area contributed by atoms with Crippen molar-refractivity contribution in [3.05, 3.63) is 50.5 Å². The second kappa shape index (κ2) is 4.73. The first-order chi connectivity index (χ1) is 8.49.